The normalized spacial score (nSPS) is 13.1. The molecule has 16 heavy (non-hydrogen) atoms. The predicted octanol–water partition coefficient (Wildman–Crippen LogP) is 4.29. The van der Waals surface area contributed by atoms with E-state index in [9.17, 15) is 0 Å². The minimum atomic E-state index is 0.742. The van der Waals surface area contributed by atoms with Crippen molar-refractivity contribution in [3.8, 4) is 0 Å². The molecule has 0 aromatic heterocycles. The van der Waals surface area contributed by atoms with E-state index in [1.165, 1.54) is 5.56 Å². The van der Waals surface area contributed by atoms with Gasteiger partial charge in [-0.3, -0.25) is 0 Å². The number of benzene rings is 1. The van der Waals surface area contributed by atoms with Crippen LogP contribution in [0.5, 0.6) is 0 Å². The smallest absolute Gasteiger partial charge is 0.120 e. The lowest BCUT2D eigenvalue weighted by atomic mass is 9.93. The molecule has 0 fully saturated rings. The molecule has 1 nitrogen and oxygen atoms in total. The Bertz CT molecular complexity index is 402. The number of hydrogen-bond acceptors (Lipinski definition) is 1. The van der Waals surface area contributed by atoms with Gasteiger partial charge >= 0.3 is 0 Å². The number of hydrogen-bond donors (Lipinski definition) is 0. The van der Waals surface area contributed by atoms with Crippen molar-refractivity contribution in [1.82, 2.24) is 0 Å². The number of allylic oxidation sites excluding steroid dienone is 1. The third-order valence-corrected chi connectivity index (χ3v) is 2.54. The SMILES string of the molecule is C=C(C)c1cccc2c1C(=C)OCC2.CC. The molecule has 0 aliphatic carbocycles. The van der Waals surface area contributed by atoms with E-state index in [2.05, 4.69) is 31.4 Å². The molecule has 0 unspecified atom stereocenters. The highest BCUT2D eigenvalue weighted by Crippen LogP contribution is 2.31. The highest BCUT2D eigenvalue weighted by molar-refractivity contribution is 5.77. The van der Waals surface area contributed by atoms with Gasteiger partial charge in [0, 0.05) is 12.0 Å². The average Bonchev–Trinajstić information content (AvgIpc) is 2.31. The van der Waals surface area contributed by atoms with Crippen LogP contribution in [0.1, 0.15) is 37.5 Å². The summed E-state index contributed by atoms with van der Waals surface area (Å²) >= 11 is 0. The minimum absolute atomic E-state index is 0.742. The second kappa shape index (κ2) is 5.55. The molecule has 0 N–H and O–H groups in total. The van der Waals surface area contributed by atoms with Crippen LogP contribution in [0.2, 0.25) is 0 Å². The van der Waals surface area contributed by atoms with Gasteiger partial charge in [0.25, 0.3) is 0 Å². The molecule has 1 aromatic carbocycles. The van der Waals surface area contributed by atoms with Crippen molar-refractivity contribution in [2.45, 2.75) is 27.2 Å². The maximum atomic E-state index is 5.46. The summed E-state index contributed by atoms with van der Waals surface area (Å²) < 4.78 is 5.46. The van der Waals surface area contributed by atoms with Crippen molar-refractivity contribution in [2.24, 2.45) is 0 Å². The molecule has 0 saturated heterocycles. The Morgan fingerprint density at radius 1 is 1.31 bits per heavy atom. The van der Waals surface area contributed by atoms with Crippen LogP contribution >= 0.6 is 0 Å². The number of rotatable bonds is 1. The van der Waals surface area contributed by atoms with E-state index < -0.39 is 0 Å². The van der Waals surface area contributed by atoms with Crippen LogP contribution in [0.4, 0.5) is 0 Å². The van der Waals surface area contributed by atoms with Gasteiger partial charge in [0.05, 0.1) is 6.61 Å². The van der Waals surface area contributed by atoms with E-state index in [-0.39, 0.29) is 0 Å². The fourth-order valence-electron chi connectivity index (χ4n) is 1.85. The second-order valence-electron chi connectivity index (χ2n) is 3.64. The highest BCUT2D eigenvalue weighted by atomic mass is 16.5. The van der Waals surface area contributed by atoms with E-state index in [0.717, 1.165) is 35.5 Å². The van der Waals surface area contributed by atoms with E-state index in [4.69, 9.17) is 4.74 Å². The monoisotopic (exact) mass is 216 g/mol. The molecule has 1 aromatic rings. The molecule has 1 aliphatic heterocycles. The van der Waals surface area contributed by atoms with Gasteiger partial charge < -0.3 is 4.74 Å². The zero-order valence-corrected chi connectivity index (χ0v) is 10.5. The molecule has 0 amide bonds. The maximum Gasteiger partial charge on any atom is 0.120 e. The lowest BCUT2D eigenvalue weighted by Crippen LogP contribution is -2.10. The van der Waals surface area contributed by atoms with Crippen molar-refractivity contribution in [2.75, 3.05) is 6.61 Å². The summed E-state index contributed by atoms with van der Waals surface area (Å²) in [6.07, 6.45) is 0.968. The van der Waals surface area contributed by atoms with Crippen molar-refractivity contribution in [1.29, 1.82) is 0 Å². The molecule has 2 rings (SSSR count). The first kappa shape index (κ1) is 12.6. The Morgan fingerprint density at radius 2 is 2.00 bits per heavy atom. The molecular weight excluding hydrogens is 196 g/mol. The topological polar surface area (TPSA) is 9.23 Å². The maximum absolute atomic E-state index is 5.46. The van der Waals surface area contributed by atoms with Gasteiger partial charge in [-0.15, -0.1) is 0 Å². The summed E-state index contributed by atoms with van der Waals surface area (Å²) in [5, 5.41) is 0. The molecule has 1 heterocycles. The van der Waals surface area contributed by atoms with Crippen LogP contribution in [0, 0.1) is 0 Å². The Balaban J connectivity index is 0.000000606. The Morgan fingerprint density at radius 3 is 2.62 bits per heavy atom. The van der Waals surface area contributed by atoms with Crippen molar-refractivity contribution >= 4 is 11.3 Å². The third kappa shape index (κ3) is 2.35. The Kier molecular flexibility index (Phi) is 4.36. The first-order chi connectivity index (χ1) is 7.70. The van der Waals surface area contributed by atoms with Crippen LogP contribution in [0.3, 0.4) is 0 Å². The summed E-state index contributed by atoms with van der Waals surface area (Å²) in [6.45, 7) is 14.7. The second-order valence-corrected chi connectivity index (χ2v) is 3.64. The minimum Gasteiger partial charge on any atom is -0.493 e. The first-order valence-electron chi connectivity index (χ1n) is 5.80. The zero-order chi connectivity index (χ0) is 12.1. The van der Waals surface area contributed by atoms with Crippen LogP contribution in [0.15, 0.2) is 31.4 Å². The number of fused-ring (bicyclic) bond motifs is 1. The number of ether oxygens (including phenoxy) is 1. The molecule has 0 saturated carbocycles. The van der Waals surface area contributed by atoms with Crippen LogP contribution < -0.4 is 0 Å². The first-order valence-corrected chi connectivity index (χ1v) is 5.80. The van der Waals surface area contributed by atoms with Crippen LogP contribution in [0.25, 0.3) is 11.3 Å². The molecule has 0 atom stereocenters. The Hall–Kier alpha value is -1.50. The Labute approximate surface area is 98.5 Å². The van der Waals surface area contributed by atoms with Crippen LogP contribution in [-0.2, 0) is 11.2 Å². The predicted molar refractivity (Wildman–Crippen MR) is 71.2 cm³/mol. The molecule has 1 heteroatoms. The highest BCUT2D eigenvalue weighted by Gasteiger charge is 2.16. The summed E-state index contributed by atoms with van der Waals surface area (Å²) in [5.41, 5.74) is 4.69. The summed E-state index contributed by atoms with van der Waals surface area (Å²) in [5.74, 6) is 0.782. The average molecular weight is 216 g/mol. The fourth-order valence-corrected chi connectivity index (χ4v) is 1.85. The third-order valence-electron chi connectivity index (χ3n) is 2.54. The van der Waals surface area contributed by atoms with E-state index in [1.807, 2.05) is 20.8 Å². The molecular formula is C15H20O. The van der Waals surface area contributed by atoms with Gasteiger partial charge in [-0.2, -0.15) is 0 Å². The van der Waals surface area contributed by atoms with E-state index >= 15 is 0 Å². The van der Waals surface area contributed by atoms with Crippen molar-refractivity contribution < 1.29 is 4.74 Å². The van der Waals surface area contributed by atoms with Gasteiger partial charge in [0.2, 0.25) is 0 Å². The van der Waals surface area contributed by atoms with Crippen molar-refractivity contribution in [3.63, 3.8) is 0 Å². The van der Waals surface area contributed by atoms with Gasteiger partial charge in [0.15, 0.2) is 0 Å². The van der Waals surface area contributed by atoms with Gasteiger partial charge in [-0.05, 0) is 18.1 Å². The van der Waals surface area contributed by atoms with Crippen molar-refractivity contribution in [3.05, 3.63) is 48.0 Å². The fraction of sp³-hybridized carbons (Fsp3) is 0.333. The largest absolute Gasteiger partial charge is 0.493 e. The summed E-state index contributed by atoms with van der Waals surface area (Å²) in [4.78, 5) is 0. The summed E-state index contributed by atoms with van der Waals surface area (Å²) in [6, 6.07) is 6.28. The molecule has 0 radical (unpaired) electrons. The van der Waals surface area contributed by atoms with Crippen LogP contribution in [-0.4, -0.2) is 6.61 Å². The standard InChI is InChI=1S/C13H14O.C2H6/c1-9(2)12-6-4-5-11-7-8-14-10(3)13(11)12;1-2/h4-6H,1,3,7-8H2,2H3;1-2H3. The molecule has 1 aliphatic rings. The lowest BCUT2D eigenvalue weighted by Gasteiger charge is -2.22. The lowest BCUT2D eigenvalue weighted by molar-refractivity contribution is 0.271. The zero-order valence-electron chi connectivity index (χ0n) is 10.5. The molecule has 0 spiro atoms. The van der Waals surface area contributed by atoms with E-state index in [1.54, 1.807) is 0 Å². The molecule has 0 bridgehead atoms. The van der Waals surface area contributed by atoms with E-state index in [0.29, 0.717) is 0 Å². The van der Waals surface area contributed by atoms with Gasteiger partial charge in [0.1, 0.15) is 5.76 Å². The molecule has 86 valence electrons. The quantitative estimate of drug-likeness (QED) is 0.680. The van der Waals surface area contributed by atoms with Gasteiger partial charge in [-0.25, -0.2) is 0 Å². The van der Waals surface area contributed by atoms with Gasteiger partial charge in [-0.1, -0.05) is 50.8 Å². The summed E-state index contributed by atoms with van der Waals surface area (Å²) in [7, 11) is 0.